The fourth-order valence-electron chi connectivity index (χ4n) is 1.73. The normalized spacial score (nSPS) is 14.8. The third kappa shape index (κ3) is 2.54. The fraction of sp³-hybridized carbons (Fsp3) is 0.700. The number of hydrogen-bond donors (Lipinski definition) is 2. The van der Waals surface area contributed by atoms with Gasteiger partial charge in [0.25, 0.3) is 0 Å². The molecule has 0 spiro atoms. The van der Waals surface area contributed by atoms with Crippen molar-refractivity contribution in [3.05, 3.63) is 16.9 Å². The van der Waals surface area contributed by atoms with Gasteiger partial charge in [-0.05, 0) is 20.8 Å². The second-order valence-electron chi connectivity index (χ2n) is 4.67. The Morgan fingerprint density at radius 2 is 2.17 bits per heavy atom. The Morgan fingerprint density at radius 3 is 2.56 bits per heavy atom. The van der Waals surface area contributed by atoms with Gasteiger partial charge in [-0.1, -0.05) is 11.6 Å². The van der Waals surface area contributed by atoms with Gasteiger partial charge in [0.05, 0.1) is 27.7 Å². The van der Waals surface area contributed by atoms with Gasteiger partial charge in [-0.3, -0.25) is 10.5 Å². The molecule has 0 aliphatic heterocycles. The lowest BCUT2D eigenvalue weighted by molar-refractivity contribution is 0.400. The minimum absolute atomic E-state index is 0.400. The van der Waals surface area contributed by atoms with Crippen molar-refractivity contribution in [2.45, 2.75) is 38.1 Å². The molecule has 1 aromatic rings. The molecule has 0 fully saturated rings. The van der Waals surface area contributed by atoms with Crippen molar-refractivity contribution in [1.29, 1.82) is 0 Å². The van der Waals surface area contributed by atoms with E-state index in [9.17, 15) is 8.42 Å². The number of rotatable bonds is 5. The van der Waals surface area contributed by atoms with Crippen LogP contribution in [0.1, 0.15) is 32.5 Å². The van der Waals surface area contributed by atoms with Crippen molar-refractivity contribution in [3.8, 4) is 0 Å². The van der Waals surface area contributed by atoms with Crippen molar-refractivity contribution in [2.75, 3.05) is 6.26 Å². The lowest BCUT2D eigenvalue weighted by Gasteiger charge is -2.32. The molecule has 6 nitrogen and oxygen atoms in total. The summed E-state index contributed by atoms with van der Waals surface area (Å²) >= 11 is 6.08. The summed E-state index contributed by atoms with van der Waals surface area (Å²) < 4.78 is 24.3. The Hall–Kier alpha value is -0.630. The lowest BCUT2D eigenvalue weighted by atomic mass is 10.0. The van der Waals surface area contributed by atoms with Crippen molar-refractivity contribution in [1.82, 2.24) is 15.2 Å². The maximum Gasteiger partial charge on any atom is 0.154 e. The molecule has 0 radical (unpaired) electrons. The van der Waals surface area contributed by atoms with Crippen molar-refractivity contribution in [3.63, 3.8) is 0 Å². The molecule has 0 saturated heterocycles. The highest BCUT2D eigenvalue weighted by Gasteiger charge is 2.42. The smallest absolute Gasteiger partial charge is 0.154 e. The molecule has 1 heterocycles. The van der Waals surface area contributed by atoms with Crippen LogP contribution in [0, 0.1) is 0 Å². The molecule has 8 heteroatoms. The third-order valence-corrected chi connectivity index (χ3v) is 5.66. The topological polar surface area (TPSA) is 90.0 Å². The summed E-state index contributed by atoms with van der Waals surface area (Å²) in [6.45, 7) is 5.69. The van der Waals surface area contributed by atoms with Crippen molar-refractivity contribution < 1.29 is 8.42 Å². The van der Waals surface area contributed by atoms with Crippen LogP contribution >= 0.6 is 11.6 Å². The zero-order valence-corrected chi connectivity index (χ0v) is 12.5. The maximum atomic E-state index is 11.9. The Morgan fingerprint density at radius 1 is 1.61 bits per heavy atom. The van der Waals surface area contributed by atoms with E-state index in [1.165, 1.54) is 12.5 Å². The van der Waals surface area contributed by atoms with E-state index in [1.807, 2.05) is 6.92 Å². The van der Waals surface area contributed by atoms with E-state index in [0.717, 1.165) is 0 Å². The molecule has 0 aliphatic rings. The SMILES string of the molecule is CCn1ncc(Cl)c1C(NN)C(C)(C)S(C)(=O)=O. The molecule has 0 aromatic carbocycles. The van der Waals surface area contributed by atoms with Gasteiger partial charge in [-0.25, -0.2) is 13.8 Å². The predicted octanol–water partition coefficient (Wildman–Crippen LogP) is 0.884. The predicted molar refractivity (Wildman–Crippen MR) is 71.9 cm³/mol. The first kappa shape index (κ1) is 15.4. The number of nitrogens with zero attached hydrogens (tertiary/aromatic N) is 2. The van der Waals surface area contributed by atoms with Crippen LogP contribution in [0.2, 0.25) is 5.02 Å². The second-order valence-corrected chi connectivity index (χ2v) is 7.67. The van der Waals surface area contributed by atoms with Gasteiger partial charge in [0.2, 0.25) is 0 Å². The van der Waals surface area contributed by atoms with E-state index < -0.39 is 20.6 Å². The minimum Gasteiger partial charge on any atom is -0.271 e. The van der Waals surface area contributed by atoms with Crippen LogP contribution in [0.25, 0.3) is 0 Å². The number of hydrogen-bond acceptors (Lipinski definition) is 5. The molecule has 1 atom stereocenters. The van der Waals surface area contributed by atoms with Crippen LogP contribution in [-0.4, -0.2) is 29.2 Å². The van der Waals surface area contributed by atoms with E-state index in [0.29, 0.717) is 17.3 Å². The van der Waals surface area contributed by atoms with Crippen LogP contribution < -0.4 is 11.3 Å². The molecule has 18 heavy (non-hydrogen) atoms. The van der Waals surface area contributed by atoms with Gasteiger partial charge >= 0.3 is 0 Å². The third-order valence-electron chi connectivity index (χ3n) is 3.22. The summed E-state index contributed by atoms with van der Waals surface area (Å²) in [7, 11) is -3.32. The largest absolute Gasteiger partial charge is 0.271 e. The number of aryl methyl sites for hydroxylation is 1. The Labute approximate surface area is 112 Å². The van der Waals surface area contributed by atoms with E-state index >= 15 is 0 Å². The van der Waals surface area contributed by atoms with E-state index in [1.54, 1.807) is 18.5 Å². The molecule has 104 valence electrons. The Bertz CT molecular complexity index is 524. The monoisotopic (exact) mass is 294 g/mol. The summed E-state index contributed by atoms with van der Waals surface area (Å²) in [6, 6.07) is -0.637. The molecule has 0 amide bonds. The molecular weight excluding hydrogens is 276 g/mol. The first-order valence-electron chi connectivity index (χ1n) is 5.53. The quantitative estimate of drug-likeness (QED) is 0.621. The van der Waals surface area contributed by atoms with Crippen LogP contribution in [0.3, 0.4) is 0 Å². The minimum atomic E-state index is -3.32. The van der Waals surface area contributed by atoms with Crippen LogP contribution in [-0.2, 0) is 16.4 Å². The first-order chi connectivity index (χ1) is 8.16. The van der Waals surface area contributed by atoms with E-state index in [-0.39, 0.29) is 0 Å². The average molecular weight is 295 g/mol. The highest BCUT2D eigenvalue weighted by atomic mass is 35.5. The van der Waals surface area contributed by atoms with E-state index in [4.69, 9.17) is 17.4 Å². The number of hydrazine groups is 1. The molecular formula is C10H19ClN4O2S. The zero-order valence-electron chi connectivity index (χ0n) is 10.9. The maximum absolute atomic E-state index is 11.9. The van der Waals surface area contributed by atoms with Crippen LogP contribution in [0.5, 0.6) is 0 Å². The highest BCUT2D eigenvalue weighted by Crippen LogP contribution is 2.35. The standard InChI is InChI=1S/C10H19ClN4O2S/c1-5-15-8(7(11)6-13-15)9(14-12)10(2,3)18(4,16)17/h6,9,14H,5,12H2,1-4H3. The average Bonchev–Trinajstić information content (AvgIpc) is 2.60. The van der Waals surface area contributed by atoms with Gasteiger partial charge in [0.1, 0.15) is 0 Å². The summed E-state index contributed by atoms with van der Waals surface area (Å²) in [5.41, 5.74) is 3.12. The first-order valence-corrected chi connectivity index (χ1v) is 7.80. The molecule has 1 rings (SSSR count). The number of aromatic nitrogens is 2. The summed E-state index contributed by atoms with van der Waals surface area (Å²) in [4.78, 5) is 0. The molecule has 0 bridgehead atoms. The molecule has 0 aliphatic carbocycles. The van der Waals surface area contributed by atoms with Gasteiger partial charge in [0, 0.05) is 12.8 Å². The van der Waals surface area contributed by atoms with Crippen molar-refractivity contribution in [2.24, 2.45) is 5.84 Å². The molecule has 0 saturated carbocycles. The number of nitrogens with one attached hydrogen (secondary N) is 1. The van der Waals surface area contributed by atoms with Gasteiger partial charge in [0.15, 0.2) is 9.84 Å². The van der Waals surface area contributed by atoms with Crippen molar-refractivity contribution >= 4 is 21.4 Å². The number of nitrogens with two attached hydrogens (primary N) is 1. The number of sulfone groups is 1. The van der Waals surface area contributed by atoms with Crippen LogP contribution in [0.4, 0.5) is 0 Å². The molecule has 1 unspecified atom stereocenters. The Balaban J connectivity index is 3.39. The van der Waals surface area contributed by atoms with Gasteiger partial charge < -0.3 is 0 Å². The Kier molecular flexibility index (Phi) is 4.42. The highest BCUT2D eigenvalue weighted by molar-refractivity contribution is 7.92. The summed E-state index contributed by atoms with van der Waals surface area (Å²) in [5, 5.41) is 4.49. The van der Waals surface area contributed by atoms with Crippen LogP contribution in [0.15, 0.2) is 6.20 Å². The number of halogens is 1. The lowest BCUT2D eigenvalue weighted by Crippen LogP contribution is -2.48. The summed E-state index contributed by atoms with van der Waals surface area (Å²) in [6.07, 6.45) is 2.67. The second kappa shape index (κ2) is 5.16. The molecule has 1 aromatic heterocycles. The van der Waals surface area contributed by atoms with Gasteiger partial charge in [-0.15, -0.1) is 0 Å². The van der Waals surface area contributed by atoms with E-state index in [2.05, 4.69) is 10.5 Å². The van der Waals surface area contributed by atoms with Gasteiger partial charge in [-0.2, -0.15) is 5.10 Å². The fourth-order valence-corrected chi connectivity index (χ4v) is 2.59. The molecule has 3 N–H and O–H groups in total. The zero-order chi connectivity index (χ0) is 14.1. The summed E-state index contributed by atoms with van der Waals surface area (Å²) in [5.74, 6) is 5.53.